The van der Waals surface area contributed by atoms with E-state index in [4.69, 9.17) is 16.3 Å². The second-order valence-corrected chi connectivity index (χ2v) is 7.64. The number of aromatic nitrogens is 4. The van der Waals surface area contributed by atoms with Crippen LogP contribution in [0.25, 0.3) is 10.9 Å². The average molecular weight is 454 g/mol. The third-order valence-electron chi connectivity index (χ3n) is 4.81. The van der Waals surface area contributed by atoms with Crippen molar-refractivity contribution in [2.24, 2.45) is 0 Å². The van der Waals surface area contributed by atoms with Gasteiger partial charge in [-0.25, -0.2) is 9.37 Å². The average Bonchev–Trinajstić information content (AvgIpc) is 2.78. The van der Waals surface area contributed by atoms with Crippen molar-refractivity contribution in [3.8, 4) is 5.75 Å². The van der Waals surface area contributed by atoms with E-state index in [9.17, 15) is 9.18 Å². The lowest BCUT2D eigenvalue weighted by Crippen LogP contribution is -2.20. The number of fused-ring (bicyclic) bond motifs is 1. The molecular formula is C23H21ClFN5O2. The highest BCUT2D eigenvalue weighted by Gasteiger charge is 2.10. The lowest BCUT2D eigenvalue weighted by molar-refractivity contribution is 0.295. The van der Waals surface area contributed by atoms with Crippen LogP contribution in [0.1, 0.15) is 22.9 Å². The number of aryl methyl sites for hydroxylation is 1. The number of halogens is 2. The number of nitrogens with zero attached hydrogens (tertiary/aromatic N) is 3. The first-order chi connectivity index (χ1) is 15.5. The van der Waals surface area contributed by atoms with E-state index in [1.165, 1.54) is 18.2 Å². The molecule has 2 N–H and O–H groups in total. The van der Waals surface area contributed by atoms with Crippen LogP contribution >= 0.6 is 11.6 Å². The van der Waals surface area contributed by atoms with Crippen molar-refractivity contribution in [1.82, 2.24) is 25.3 Å². The number of H-pyrrole nitrogens is 1. The molecule has 0 saturated carbocycles. The van der Waals surface area contributed by atoms with E-state index in [1.54, 1.807) is 12.3 Å². The minimum atomic E-state index is -0.530. The van der Waals surface area contributed by atoms with Crippen LogP contribution in [0, 0.1) is 12.7 Å². The molecule has 0 unspecified atom stereocenters. The summed E-state index contributed by atoms with van der Waals surface area (Å²) in [5.74, 6) is 0.177. The van der Waals surface area contributed by atoms with Crippen LogP contribution in [-0.2, 0) is 19.6 Å². The van der Waals surface area contributed by atoms with Gasteiger partial charge in [-0.3, -0.25) is 14.8 Å². The van der Waals surface area contributed by atoms with E-state index in [2.05, 4.69) is 25.3 Å². The number of hydrogen-bond acceptors (Lipinski definition) is 6. The van der Waals surface area contributed by atoms with Crippen molar-refractivity contribution in [2.45, 2.75) is 26.5 Å². The summed E-state index contributed by atoms with van der Waals surface area (Å²) in [7, 11) is 0. The van der Waals surface area contributed by atoms with E-state index in [1.807, 2.05) is 25.1 Å². The molecule has 0 saturated heterocycles. The molecule has 0 aliphatic heterocycles. The van der Waals surface area contributed by atoms with Crippen LogP contribution in [0.3, 0.4) is 0 Å². The zero-order valence-electron chi connectivity index (χ0n) is 17.4. The Hall–Kier alpha value is -3.36. The van der Waals surface area contributed by atoms with Gasteiger partial charge in [-0.15, -0.1) is 0 Å². The van der Waals surface area contributed by atoms with Crippen molar-refractivity contribution >= 4 is 22.5 Å². The lowest BCUT2D eigenvalue weighted by atomic mass is 10.2. The van der Waals surface area contributed by atoms with Gasteiger partial charge in [0.05, 0.1) is 16.1 Å². The molecule has 0 spiro atoms. The molecule has 7 nitrogen and oxygen atoms in total. The number of rotatable bonds is 8. The Morgan fingerprint density at radius 1 is 1.19 bits per heavy atom. The molecule has 0 radical (unpaired) electrons. The van der Waals surface area contributed by atoms with E-state index >= 15 is 0 Å². The predicted molar refractivity (Wildman–Crippen MR) is 120 cm³/mol. The van der Waals surface area contributed by atoms with Gasteiger partial charge >= 0.3 is 0 Å². The van der Waals surface area contributed by atoms with Crippen molar-refractivity contribution in [3.05, 3.63) is 92.8 Å². The Bertz CT molecular complexity index is 1310. The third kappa shape index (κ3) is 5.27. The predicted octanol–water partition coefficient (Wildman–Crippen LogP) is 3.73. The van der Waals surface area contributed by atoms with Gasteiger partial charge in [0.25, 0.3) is 5.56 Å². The first kappa shape index (κ1) is 21.9. The smallest absolute Gasteiger partial charge is 0.258 e. The number of hydrogen-bond donors (Lipinski definition) is 2. The van der Waals surface area contributed by atoms with Crippen LogP contribution in [0.5, 0.6) is 5.75 Å². The highest BCUT2D eigenvalue weighted by molar-refractivity contribution is 6.30. The Morgan fingerprint density at radius 3 is 2.88 bits per heavy atom. The number of pyridine rings is 2. The highest BCUT2D eigenvalue weighted by atomic mass is 35.5. The van der Waals surface area contributed by atoms with Gasteiger partial charge in [-0.2, -0.15) is 0 Å². The molecule has 0 aliphatic rings. The Kier molecular flexibility index (Phi) is 6.72. The third-order valence-corrected chi connectivity index (χ3v) is 5.10. The maximum atomic E-state index is 13.3. The maximum Gasteiger partial charge on any atom is 0.258 e. The van der Waals surface area contributed by atoms with Gasteiger partial charge in [0.1, 0.15) is 29.5 Å². The first-order valence-corrected chi connectivity index (χ1v) is 10.5. The van der Waals surface area contributed by atoms with Crippen LogP contribution in [0.4, 0.5) is 4.39 Å². The molecule has 1 aromatic carbocycles. The Balaban J connectivity index is 1.46. The fourth-order valence-electron chi connectivity index (χ4n) is 3.24. The first-order valence-electron chi connectivity index (χ1n) is 10.1. The molecule has 0 amide bonds. The van der Waals surface area contributed by atoms with Crippen molar-refractivity contribution in [1.29, 1.82) is 0 Å². The van der Waals surface area contributed by atoms with E-state index in [0.29, 0.717) is 41.3 Å². The van der Waals surface area contributed by atoms with Gasteiger partial charge < -0.3 is 15.0 Å². The summed E-state index contributed by atoms with van der Waals surface area (Å²) in [6.07, 6.45) is 2.37. The van der Waals surface area contributed by atoms with E-state index < -0.39 is 5.82 Å². The van der Waals surface area contributed by atoms with E-state index in [-0.39, 0.29) is 17.2 Å². The van der Waals surface area contributed by atoms with Gasteiger partial charge in [-0.05, 0) is 37.3 Å². The quantitative estimate of drug-likeness (QED) is 0.395. The Labute approximate surface area is 188 Å². The fourth-order valence-corrected chi connectivity index (χ4v) is 3.42. The maximum absolute atomic E-state index is 13.3. The summed E-state index contributed by atoms with van der Waals surface area (Å²) in [5, 5.41) is 3.74. The molecule has 9 heteroatoms. The molecule has 0 aliphatic carbocycles. The summed E-state index contributed by atoms with van der Waals surface area (Å²) in [6.45, 7) is 3.12. The summed E-state index contributed by atoms with van der Waals surface area (Å²) >= 11 is 5.78. The van der Waals surface area contributed by atoms with Gasteiger partial charge in [0, 0.05) is 43.2 Å². The largest absolute Gasteiger partial charge is 0.486 e. The highest BCUT2D eigenvalue weighted by Crippen LogP contribution is 2.21. The summed E-state index contributed by atoms with van der Waals surface area (Å²) in [4.78, 5) is 28.7. The topological polar surface area (TPSA) is 92.8 Å². The minimum absolute atomic E-state index is 0.00602. The number of nitrogens with one attached hydrogen (secondary N) is 2. The van der Waals surface area contributed by atoms with Gasteiger partial charge in [-0.1, -0.05) is 17.7 Å². The molecular weight excluding hydrogens is 433 g/mol. The zero-order valence-corrected chi connectivity index (χ0v) is 18.1. The molecule has 164 valence electrons. The van der Waals surface area contributed by atoms with Crippen molar-refractivity contribution in [2.75, 3.05) is 6.54 Å². The summed E-state index contributed by atoms with van der Waals surface area (Å²) < 4.78 is 18.9. The normalized spacial score (nSPS) is 11.1. The molecule has 0 fully saturated rings. The molecule has 32 heavy (non-hydrogen) atoms. The fraction of sp³-hybridized carbons (Fsp3) is 0.217. The second kappa shape index (κ2) is 9.84. The van der Waals surface area contributed by atoms with Crippen LogP contribution < -0.4 is 15.6 Å². The SMILES string of the molecule is Cc1cccc(CCNCc2nccc3c(=O)[nH]c(COc4ccc(F)c(Cl)c4)nc23)n1. The number of benzene rings is 1. The van der Waals surface area contributed by atoms with Gasteiger partial charge in [0.15, 0.2) is 0 Å². The Morgan fingerprint density at radius 2 is 2.06 bits per heavy atom. The molecule has 0 bridgehead atoms. The number of ether oxygens (including phenoxy) is 1. The molecule has 4 aromatic rings. The minimum Gasteiger partial charge on any atom is -0.486 e. The van der Waals surface area contributed by atoms with Crippen LogP contribution in [0.15, 0.2) is 53.5 Å². The van der Waals surface area contributed by atoms with E-state index in [0.717, 1.165) is 17.8 Å². The summed E-state index contributed by atoms with van der Waals surface area (Å²) in [6, 6.07) is 11.6. The van der Waals surface area contributed by atoms with Crippen molar-refractivity contribution < 1.29 is 9.13 Å². The molecule has 3 aromatic heterocycles. The van der Waals surface area contributed by atoms with Gasteiger partial charge in [0.2, 0.25) is 0 Å². The molecule has 4 rings (SSSR count). The second-order valence-electron chi connectivity index (χ2n) is 7.23. The van der Waals surface area contributed by atoms with Crippen molar-refractivity contribution in [3.63, 3.8) is 0 Å². The van der Waals surface area contributed by atoms with Crippen LogP contribution in [0.2, 0.25) is 5.02 Å². The lowest BCUT2D eigenvalue weighted by Gasteiger charge is -2.10. The standard InChI is InChI=1S/C23H21ClFN5O2/c1-14-3-2-4-15(28-14)7-9-26-12-20-22-17(8-10-27-20)23(31)30-21(29-22)13-32-16-5-6-19(25)18(24)11-16/h2-6,8,10-11,26H,7,9,12-13H2,1H3,(H,29,30,31). The monoisotopic (exact) mass is 453 g/mol. The molecule has 3 heterocycles. The molecule has 0 atom stereocenters. The summed E-state index contributed by atoms with van der Waals surface area (Å²) in [5.41, 5.74) is 2.89. The number of aromatic amines is 1. The zero-order chi connectivity index (χ0) is 22.5. The van der Waals surface area contributed by atoms with Crippen LogP contribution in [-0.4, -0.2) is 26.5 Å².